The quantitative estimate of drug-likeness (QED) is 0.231. The van der Waals surface area contributed by atoms with E-state index in [-0.39, 0.29) is 0 Å². The van der Waals surface area contributed by atoms with E-state index in [4.69, 9.17) is 0 Å². The van der Waals surface area contributed by atoms with Crippen LogP contribution in [-0.2, 0) is 17.6 Å². The molecule has 190 valence electrons. The number of nitrogens with one attached hydrogen (secondary N) is 3. The number of hydrogen-bond acceptors (Lipinski definition) is 4. The third-order valence-corrected chi connectivity index (χ3v) is 6.86. The molecule has 7 heteroatoms. The number of anilines is 2. The number of nitrogens with zero attached hydrogens (tertiary/aromatic N) is 3. The van der Waals surface area contributed by atoms with Gasteiger partial charge in [-0.15, -0.1) is 0 Å². The zero-order chi connectivity index (χ0) is 25.7. The lowest BCUT2D eigenvalue weighted by Gasteiger charge is -2.24. The molecule has 7 nitrogen and oxygen atoms in total. The maximum absolute atomic E-state index is 10.5. The van der Waals surface area contributed by atoms with Crippen LogP contribution >= 0.6 is 0 Å². The predicted molar refractivity (Wildman–Crippen MR) is 148 cm³/mol. The highest BCUT2D eigenvalue weighted by molar-refractivity contribution is 6.03. The van der Waals surface area contributed by atoms with Crippen LogP contribution in [0.3, 0.4) is 0 Å². The summed E-state index contributed by atoms with van der Waals surface area (Å²) < 4.78 is 0. The molecule has 0 saturated carbocycles. The standard InChI is InChI=1S/C19H25N5.C9H17NO/c1-5-11-21-18(6-2)22-19-13-17(23-24-19)10-8-15-12-16(20-4)9-7-14(15)3;1-3-9(4-2)5-6-10(7-9)8-11/h5-7,9,11-13,20H,2,8,10H2,1,3-4H3,(H2,21,22,23,24);8H,3-7H2,1-2H3/b11-5-;. The van der Waals surface area contributed by atoms with Crippen LogP contribution < -0.4 is 10.6 Å². The Morgan fingerprint density at radius 3 is 2.63 bits per heavy atom. The van der Waals surface area contributed by atoms with Gasteiger partial charge in [-0.25, -0.2) is 4.99 Å². The first-order valence-corrected chi connectivity index (χ1v) is 12.5. The Balaban J connectivity index is 0.000000328. The molecule has 1 fully saturated rings. The first-order chi connectivity index (χ1) is 16.9. The number of aryl methyl sites for hydroxylation is 3. The van der Waals surface area contributed by atoms with Crippen LogP contribution in [0.4, 0.5) is 11.5 Å². The van der Waals surface area contributed by atoms with Gasteiger partial charge in [0.25, 0.3) is 0 Å². The van der Waals surface area contributed by atoms with E-state index in [9.17, 15) is 4.79 Å². The first kappa shape index (κ1) is 27.9. The number of carbonyl (C=O) groups is 1. The Morgan fingerprint density at radius 1 is 1.29 bits per heavy atom. The van der Waals surface area contributed by atoms with Crippen LogP contribution in [0.15, 0.2) is 54.2 Å². The zero-order valence-electron chi connectivity index (χ0n) is 22.0. The minimum atomic E-state index is 0.445. The number of rotatable bonds is 10. The molecule has 1 aliphatic heterocycles. The van der Waals surface area contributed by atoms with Crippen LogP contribution in [0.5, 0.6) is 0 Å². The van der Waals surface area contributed by atoms with Gasteiger partial charge in [-0.3, -0.25) is 9.89 Å². The van der Waals surface area contributed by atoms with Crippen molar-refractivity contribution in [2.24, 2.45) is 10.4 Å². The van der Waals surface area contributed by atoms with Crippen LogP contribution in [-0.4, -0.2) is 47.5 Å². The monoisotopic (exact) mass is 478 g/mol. The van der Waals surface area contributed by atoms with Gasteiger partial charge in [-0.2, -0.15) is 5.10 Å². The van der Waals surface area contributed by atoms with E-state index in [0.29, 0.717) is 11.3 Å². The molecular formula is C28H42N6O. The second kappa shape index (κ2) is 14.1. The van der Waals surface area contributed by atoms with E-state index in [0.717, 1.165) is 49.5 Å². The van der Waals surface area contributed by atoms with Crippen molar-refractivity contribution >= 4 is 23.8 Å². The van der Waals surface area contributed by atoms with E-state index < -0.39 is 0 Å². The molecule has 3 N–H and O–H groups in total. The first-order valence-electron chi connectivity index (χ1n) is 12.5. The Bertz CT molecular complexity index is 1000. The summed E-state index contributed by atoms with van der Waals surface area (Å²) in [7, 11) is 1.94. The fraction of sp³-hybridized carbons (Fsp3) is 0.464. The van der Waals surface area contributed by atoms with Gasteiger partial charge < -0.3 is 15.5 Å². The van der Waals surface area contributed by atoms with E-state index in [1.807, 2.05) is 31.0 Å². The lowest BCUT2D eigenvalue weighted by Crippen LogP contribution is -2.25. The average molecular weight is 479 g/mol. The Labute approximate surface area is 210 Å². The molecule has 0 bridgehead atoms. The molecule has 1 aromatic heterocycles. The number of amidine groups is 1. The van der Waals surface area contributed by atoms with Crippen LogP contribution in [0.25, 0.3) is 0 Å². The van der Waals surface area contributed by atoms with Crippen LogP contribution in [0.2, 0.25) is 0 Å². The molecule has 0 radical (unpaired) electrons. The largest absolute Gasteiger partial charge is 0.388 e. The van der Waals surface area contributed by atoms with Crippen LogP contribution in [0, 0.1) is 12.3 Å². The van der Waals surface area contributed by atoms with E-state index in [1.165, 1.54) is 30.4 Å². The van der Waals surface area contributed by atoms with E-state index >= 15 is 0 Å². The number of amides is 1. The number of aromatic amines is 1. The molecule has 3 rings (SSSR count). The normalized spacial score (nSPS) is 15.0. The number of carbonyl (C=O) groups excluding carboxylic acids is 1. The van der Waals surface area contributed by atoms with Crippen molar-refractivity contribution in [1.29, 1.82) is 0 Å². The predicted octanol–water partition coefficient (Wildman–Crippen LogP) is 5.73. The second-order valence-corrected chi connectivity index (χ2v) is 9.03. The third-order valence-electron chi connectivity index (χ3n) is 6.86. The van der Waals surface area contributed by atoms with Gasteiger partial charge in [0.15, 0.2) is 5.82 Å². The maximum Gasteiger partial charge on any atom is 0.209 e. The van der Waals surface area contributed by atoms with Gasteiger partial charge in [0.1, 0.15) is 5.84 Å². The lowest BCUT2D eigenvalue weighted by molar-refractivity contribution is -0.117. The summed E-state index contributed by atoms with van der Waals surface area (Å²) in [6, 6.07) is 8.45. The summed E-state index contributed by atoms with van der Waals surface area (Å²) in [5, 5.41) is 13.7. The summed E-state index contributed by atoms with van der Waals surface area (Å²) >= 11 is 0. The van der Waals surface area contributed by atoms with Gasteiger partial charge in [0.05, 0.1) is 0 Å². The number of hydrogen-bond donors (Lipinski definition) is 3. The maximum atomic E-state index is 10.5. The highest BCUT2D eigenvalue weighted by Gasteiger charge is 2.33. The molecule has 1 aromatic carbocycles. The Kier molecular flexibility index (Phi) is 11.3. The number of aliphatic imine (C=N–C) groups is 1. The van der Waals surface area contributed by atoms with E-state index in [1.54, 1.807) is 12.3 Å². The summed E-state index contributed by atoms with van der Waals surface area (Å²) in [6.45, 7) is 14.2. The molecule has 1 aliphatic rings. The molecule has 2 heterocycles. The Hall–Kier alpha value is -3.35. The van der Waals surface area contributed by atoms with Gasteiger partial charge in [0, 0.05) is 43.8 Å². The third kappa shape index (κ3) is 8.42. The zero-order valence-corrected chi connectivity index (χ0v) is 22.0. The minimum absolute atomic E-state index is 0.445. The minimum Gasteiger partial charge on any atom is -0.388 e. The number of benzene rings is 1. The van der Waals surface area contributed by atoms with E-state index in [2.05, 4.69) is 71.4 Å². The molecule has 35 heavy (non-hydrogen) atoms. The van der Waals surface area contributed by atoms with Gasteiger partial charge in [-0.1, -0.05) is 32.6 Å². The number of likely N-dealkylation sites (tertiary alicyclic amines) is 1. The van der Waals surface area contributed by atoms with Crippen molar-refractivity contribution in [3.05, 3.63) is 66.0 Å². The van der Waals surface area contributed by atoms with Crippen molar-refractivity contribution in [3.63, 3.8) is 0 Å². The SMILES string of the molecule is C=CC(=N/C=C\C)Nc1cc(CCc2cc(NC)ccc2C)[nH]n1.CCC1(CC)CCN(C=O)C1. The molecule has 1 saturated heterocycles. The highest BCUT2D eigenvalue weighted by atomic mass is 16.1. The molecular weight excluding hydrogens is 436 g/mol. The van der Waals surface area contributed by atoms with Gasteiger partial charge >= 0.3 is 0 Å². The fourth-order valence-corrected chi connectivity index (χ4v) is 4.23. The molecule has 0 atom stereocenters. The number of H-pyrrole nitrogens is 1. The molecule has 2 aromatic rings. The molecule has 0 spiro atoms. The smallest absolute Gasteiger partial charge is 0.209 e. The van der Waals surface area contributed by atoms with Crippen molar-refractivity contribution in [3.8, 4) is 0 Å². The molecule has 0 aliphatic carbocycles. The van der Waals surface area contributed by atoms with Crippen molar-refractivity contribution < 1.29 is 4.79 Å². The van der Waals surface area contributed by atoms with Crippen LogP contribution in [0.1, 0.15) is 56.9 Å². The van der Waals surface area contributed by atoms with Crippen molar-refractivity contribution in [2.45, 2.75) is 59.8 Å². The topological polar surface area (TPSA) is 85.4 Å². The number of allylic oxidation sites excluding steroid dienone is 1. The second-order valence-electron chi connectivity index (χ2n) is 9.03. The van der Waals surface area contributed by atoms with Crippen molar-refractivity contribution in [2.75, 3.05) is 30.8 Å². The molecule has 0 unspecified atom stereocenters. The lowest BCUT2D eigenvalue weighted by atomic mass is 9.82. The Morgan fingerprint density at radius 2 is 2.06 bits per heavy atom. The summed E-state index contributed by atoms with van der Waals surface area (Å²) in [4.78, 5) is 16.6. The summed E-state index contributed by atoms with van der Waals surface area (Å²) in [5.74, 6) is 1.41. The summed E-state index contributed by atoms with van der Waals surface area (Å²) in [6.07, 6.45) is 11.7. The highest BCUT2D eigenvalue weighted by Crippen LogP contribution is 2.36. The van der Waals surface area contributed by atoms with Crippen molar-refractivity contribution in [1.82, 2.24) is 15.1 Å². The van der Waals surface area contributed by atoms with Gasteiger partial charge in [0.2, 0.25) is 6.41 Å². The molecule has 1 amide bonds. The van der Waals surface area contributed by atoms with Gasteiger partial charge in [-0.05, 0) is 80.7 Å². The average Bonchev–Trinajstić information content (AvgIpc) is 3.53. The summed E-state index contributed by atoms with van der Waals surface area (Å²) in [5.41, 5.74) is 5.31. The number of aromatic nitrogens is 2. The fourth-order valence-electron chi connectivity index (χ4n) is 4.23.